The summed E-state index contributed by atoms with van der Waals surface area (Å²) in [5.74, 6) is 6.82. The standard InChI is InChI=1S/C21H22N2O2S/c1-3-21(4-2)9-10-26-18-8-7-15(11-17(18)21)5-6-16-13-22-19(23-14-16)12-20(24)25/h7-8,11,13-14H,3-4,9-10,12H2,1-2H3,(H,24,25). The van der Waals surface area contributed by atoms with E-state index in [2.05, 4.69) is 53.9 Å². The predicted molar refractivity (Wildman–Crippen MR) is 103 cm³/mol. The number of thioether (sulfide) groups is 1. The number of carboxylic acid groups (broad SMARTS) is 1. The number of aliphatic carboxylic acids is 1. The lowest BCUT2D eigenvalue weighted by Gasteiger charge is -2.37. The largest absolute Gasteiger partial charge is 0.481 e. The van der Waals surface area contributed by atoms with Crippen LogP contribution in [0, 0.1) is 11.8 Å². The molecule has 4 nitrogen and oxygen atoms in total. The van der Waals surface area contributed by atoms with Gasteiger partial charge in [-0.15, -0.1) is 11.8 Å². The molecule has 0 saturated carbocycles. The van der Waals surface area contributed by atoms with Crippen molar-refractivity contribution in [3.8, 4) is 11.8 Å². The van der Waals surface area contributed by atoms with Gasteiger partial charge in [-0.1, -0.05) is 25.7 Å². The SMILES string of the molecule is CCC1(CC)CCSc2ccc(C#Cc3cnc(CC(=O)O)nc3)cc21. The van der Waals surface area contributed by atoms with E-state index in [1.807, 2.05) is 11.8 Å². The van der Waals surface area contributed by atoms with Gasteiger partial charge in [-0.25, -0.2) is 9.97 Å². The van der Waals surface area contributed by atoms with Crippen LogP contribution >= 0.6 is 11.8 Å². The Morgan fingerprint density at radius 3 is 2.54 bits per heavy atom. The molecule has 1 aliphatic heterocycles. The molecule has 3 rings (SSSR count). The quantitative estimate of drug-likeness (QED) is 0.827. The van der Waals surface area contributed by atoms with Gasteiger partial charge < -0.3 is 5.11 Å². The van der Waals surface area contributed by atoms with Gasteiger partial charge in [-0.05, 0) is 54.2 Å². The fraction of sp³-hybridized carbons (Fsp3) is 0.381. The minimum Gasteiger partial charge on any atom is -0.481 e. The normalized spacial score (nSPS) is 14.8. The van der Waals surface area contributed by atoms with Gasteiger partial charge in [0.15, 0.2) is 0 Å². The summed E-state index contributed by atoms with van der Waals surface area (Å²) in [6, 6.07) is 6.50. The molecule has 1 aliphatic rings. The first-order valence-electron chi connectivity index (χ1n) is 8.88. The highest BCUT2D eigenvalue weighted by Gasteiger charge is 2.33. The van der Waals surface area contributed by atoms with Crippen molar-refractivity contribution in [1.82, 2.24) is 9.97 Å². The van der Waals surface area contributed by atoms with E-state index < -0.39 is 5.97 Å². The van der Waals surface area contributed by atoms with E-state index in [0.717, 1.165) is 18.4 Å². The van der Waals surface area contributed by atoms with E-state index in [4.69, 9.17) is 5.11 Å². The molecule has 5 heteroatoms. The molecule has 0 saturated heterocycles. The van der Waals surface area contributed by atoms with Crippen molar-refractivity contribution < 1.29 is 9.90 Å². The average molecular weight is 366 g/mol. The third-order valence-electron chi connectivity index (χ3n) is 5.11. The maximum absolute atomic E-state index is 10.7. The number of aromatic nitrogens is 2. The van der Waals surface area contributed by atoms with Gasteiger partial charge in [0.05, 0.1) is 5.56 Å². The zero-order valence-electron chi connectivity index (χ0n) is 15.1. The summed E-state index contributed by atoms with van der Waals surface area (Å²) in [6.07, 6.45) is 6.49. The summed E-state index contributed by atoms with van der Waals surface area (Å²) in [4.78, 5) is 20.2. The second kappa shape index (κ2) is 7.92. The lowest BCUT2D eigenvalue weighted by Crippen LogP contribution is -2.28. The molecular weight excluding hydrogens is 344 g/mol. The second-order valence-corrected chi connectivity index (χ2v) is 7.64. The highest BCUT2D eigenvalue weighted by Crippen LogP contribution is 2.46. The minimum atomic E-state index is -0.939. The van der Waals surface area contributed by atoms with Crippen LogP contribution in [0.4, 0.5) is 0 Å². The van der Waals surface area contributed by atoms with Gasteiger partial charge in [0, 0.05) is 22.9 Å². The van der Waals surface area contributed by atoms with Crippen LogP contribution in [0.15, 0.2) is 35.5 Å². The van der Waals surface area contributed by atoms with Crippen LogP contribution in [0.1, 0.15) is 55.6 Å². The van der Waals surface area contributed by atoms with E-state index in [9.17, 15) is 4.79 Å². The molecule has 0 spiro atoms. The molecule has 2 heterocycles. The number of benzene rings is 1. The van der Waals surface area contributed by atoms with Crippen molar-refractivity contribution >= 4 is 17.7 Å². The summed E-state index contributed by atoms with van der Waals surface area (Å²) in [7, 11) is 0. The van der Waals surface area contributed by atoms with Gasteiger partial charge in [0.2, 0.25) is 0 Å². The zero-order valence-corrected chi connectivity index (χ0v) is 15.9. The first-order chi connectivity index (χ1) is 12.6. The summed E-state index contributed by atoms with van der Waals surface area (Å²) in [6.45, 7) is 4.55. The molecule has 0 radical (unpaired) electrons. The van der Waals surface area contributed by atoms with Crippen LogP contribution < -0.4 is 0 Å². The van der Waals surface area contributed by atoms with E-state index >= 15 is 0 Å². The molecule has 134 valence electrons. The van der Waals surface area contributed by atoms with Crippen molar-refractivity contribution in [2.45, 2.75) is 49.8 Å². The Morgan fingerprint density at radius 2 is 1.88 bits per heavy atom. The van der Waals surface area contributed by atoms with Crippen LogP contribution in [0.5, 0.6) is 0 Å². The second-order valence-electron chi connectivity index (χ2n) is 6.51. The van der Waals surface area contributed by atoms with Gasteiger partial charge in [-0.3, -0.25) is 4.79 Å². The van der Waals surface area contributed by atoms with Crippen LogP contribution in [0.3, 0.4) is 0 Å². The van der Waals surface area contributed by atoms with Crippen molar-refractivity contribution in [2.24, 2.45) is 0 Å². The Morgan fingerprint density at radius 1 is 1.19 bits per heavy atom. The van der Waals surface area contributed by atoms with Gasteiger partial charge in [0.25, 0.3) is 0 Å². The topological polar surface area (TPSA) is 63.1 Å². The van der Waals surface area contributed by atoms with Gasteiger partial charge >= 0.3 is 5.97 Å². The number of hydrogen-bond donors (Lipinski definition) is 1. The van der Waals surface area contributed by atoms with Crippen LogP contribution in [0.2, 0.25) is 0 Å². The minimum absolute atomic E-state index is 0.174. The lowest BCUT2D eigenvalue weighted by atomic mass is 9.73. The van der Waals surface area contributed by atoms with Gasteiger partial charge in [0.1, 0.15) is 12.2 Å². The Balaban J connectivity index is 1.86. The third kappa shape index (κ3) is 3.91. The summed E-state index contributed by atoms with van der Waals surface area (Å²) in [5.41, 5.74) is 3.37. The highest BCUT2D eigenvalue weighted by molar-refractivity contribution is 7.99. The first-order valence-corrected chi connectivity index (χ1v) is 9.87. The summed E-state index contributed by atoms with van der Waals surface area (Å²) in [5, 5.41) is 8.76. The van der Waals surface area contributed by atoms with Crippen molar-refractivity contribution in [3.63, 3.8) is 0 Å². The summed E-state index contributed by atoms with van der Waals surface area (Å²) < 4.78 is 0. The molecule has 1 aromatic heterocycles. The summed E-state index contributed by atoms with van der Waals surface area (Å²) >= 11 is 1.94. The monoisotopic (exact) mass is 366 g/mol. The Bertz CT molecular complexity index is 862. The number of hydrogen-bond acceptors (Lipinski definition) is 4. The molecule has 0 amide bonds. The average Bonchev–Trinajstić information content (AvgIpc) is 2.66. The van der Waals surface area contributed by atoms with E-state index in [-0.39, 0.29) is 11.8 Å². The number of carboxylic acids is 1. The molecule has 0 unspecified atom stereocenters. The number of carbonyl (C=O) groups is 1. The van der Waals surface area contributed by atoms with Crippen molar-refractivity contribution in [1.29, 1.82) is 0 Å². The number of rotatable bonds is 4. The lowest BCUT2D eigenvalue weighted by molar-refractivity contribution is -0.136. The molecule has 1 aromatic carbocycles. The molecule has 0 atom stereocenters. The van der Waals surface area contributed by atoms with Crippen LogP contribution in [-0.4, -0.2) is 26.8 Å². The molecule has 0 fully saturated rings. The Hall–Kier alpha value is -2.32. The first kappa shape index (κ1) is 18.5. The maximum Gasteiger partial charge on any atom is 0.311 e. The Labute approximate surface area is 158 Å². The fourth-order valence-corrected chi connectivity index (χ4v) is 4.72. The van der Waals surface area contributed by atoms with E-state index in [1.165, 1.54) is 22.6 Å². The Kier molecular flexibility index (Phi) is 5.63. The van der Waals surface area contributed by atoms with Crippen LogP contribution in [-0.2, 0) is 16.6 Å². The van der Waals surface area contributed by atoms with Gasteiger partial charge in [-0.2, -0.15) is 0 Å². The van der Waals surface area contributed by atoms with Crippen molar-refractivity contribution in [2.75, 3.05) is 5.75 Å². The predicted octanol–water partition coefficient (Wildman–Crippen LogP) is 4.06. The van der Waals surface area contributed by atoms with Crippen LogP contribution in [0.25, 0.3) is 0 Å². The van der Waals surface area contributed by atoms with E-state index in [0.29, 0.717) is 11.4 Å². The third-order valence-corrected chi connectivity index (χ3v) is 6.18. The molecule has 1 N–H and O–H groups in total. The fourth-order valence-electron chi connectivity index (χ4n) is 3.41. The van der Waals surface area contributed by atoms with E-state index in [1.54, 1.807) is 12.4 Å². The molecule has 26 heavy (non-hydrogen) atoms. The molecule has 0 bridgehead atoms. The zero-order chi connectivity index (χ0) is 18.6. The molecular formula is C21H22N2O2S. The maximum atomic E-state index is 10.7. The highest BCUT2D eigenvalue weighted by atomic mass is 32.2. The number of fused-ring (bicyclic) bond motifs is 1. The number of nitrogens with zero attached hydrogens (tertiary/aromatic N) is 2. The molecule has 2 aromatic rings. The van der Waals surface area contributed by atoms with Crippen molar-refractivity contribution in [3.05, 3.63) is 53.1 Å². The smallest absolute Gasteiger partial charge is 0.311 e. The molecule has 0 aliphatic carbocycles.